The van der Waals surface area contributed by atoms with Crippen molar-refractivity contribution in [3.63, 3.8) is 0 Å². The summed E-state index contributed by atoms with van der Waals surface area (Å²) >= 11 is 0. The van der Waals surface area contributed by atoms with Gasteiger partial charge in [-0.2, -0.15) is 0 Å². The normalized spacial score (nSPS) is 11.6. The molecule has 1 heterocycles. The van der Waals surface area contributed by atoms with Gasteiger partial charge in [0.1, 0.15) is 5.75 Å². The minimum absolute atomic E-state index is 0.107. The SMILES string of the molecule is CCS(=O)(=O)CCNCc1nc(C)ccc1O. The molecule has 0 saturated heterocycles. The van der Waals surface area contributed by atoms with Crippen LogP contribution in [0.2, 0.25) is 0 Å². The molecular formula is C11H18N2O3S. The average molecular weight is 258 g/mol. The van der Waals surface area contributed by atoms with Crippen LogP contribution in [0.25, 0.3) is 0 Å². The van der Waals surface area contributed by atoms with Gasteiger partial charge in [0.15, 0.2) is 9.84 Å². The number of aryl methyl sites for hydroxylation is 1. The van der Waals surface area contributed by atoms with Crippen molar-refractivity contribution < 1.29 is 13.5 Å². The van der Waals surface area contributed by atoms with Gasteiger partial charge >= 0.3 is 0 Å². The van der Waals surface area contributed by atoms with Crippen molar-refractivity contribution in [2.45, 2.75) is 20.4 Å². The first kappa shape index (κ1) is 13.9. The Morgan fingerprint density at radius 2 is 2.12 bits per heavy atom. The standard InChI is InChI=1S/C11H18N2O3S/c1-3-17(15,16)7-6-12-8-10-11(14)5-4-9(2)13-10/h4-5,12,14H,3,6-8H2,1-2H3. The highest BCUT2D eigenvalue weighted by Crippen LogP contribution is 2.13. The molecule has 1 aromatic rings. The van der Waals surface area contributed by atoms with Gasteiger partial charge in [0.25, 0.3) is 0 Å². The third-order valence-corrected chi connectivity index (χ3v) is 4.12. The van der Waals surface area contributed by atoms with E-state index in [4.69, 9.17) is 0 Å². The number of hydrogen-bond acceptors (Lipinski definition) is 5. The molecule has 1 rings (SSSR count). The summed E-state index contributed by atoms with van der Waals surface area (Å²) in [6, 6.07) is 3.31. The van der Waals surface area contributed by atoms with E-state index in [9.17, 15) is 13.5 Å². The van der Waals surface area contributed by atoms with Crippen LogP contribution in [-0.2, 0) is 16.4 Å². The van der Waals surface area contributed by atoms with Crippen molar-refractivity contribution >= 4 is 9.84 Å². The molecule has 0 unspecified atom stereocenters. The van der Waals surface area contributed by atoms with Gasteiger partial charge in [-0.05, 0) is 19.1 Å². The van der Waals surface area contributed by atoms with Gasteiger partial charge in [0.05, 0.1) is 11.4 Å². The van der Waals surface area contributed by atoms with Crippen LogP contribution >= 0.6 is 0 Å². The predicted molar refractivity (Wildman–Crippen MR) is 66.7 cm³/mol. The number of aromatic nitrogens is 1. The predicted octanol–water partition coefficient (Wildman–Crippen LogP) is 0.620. The van der Waals surface area contributed by atoms with Crippen LogP contribution < -0.4 is 5.32 Å². The van der Waals surface area contributed by atoms with E-state index in [1.165, 1.54) is 0 Å². The molecule has 96 valence electrons. The van der Waals surface area contributed by atoms with Crippen molar-refractivity contribution in [1.82, 2.24) is 10.3 Å². The van der Waals surface area contributed by atoms with E-state index in [1.54, 1.807) is 19.1 Å². The molecule has 6 heteroatoms. The van der Waals surface area contributed by atoms with E-state index < -0.39 is 9.84 Å². The number of rotatable bonds is 6. The second kappa shape index (κ2) is 5.97. The molecule has 0 fully saturated rings. The first-order valence-corrected chi connectivity index (χ1v) is 7.33. The summed E-state index contributed by atoms with van der Waals surface area (Å²) in [6.07, 6.45) is 0. The number of sulfone groups is 1. The summed E-state index contributed by atoms with van der Waals surface area (Å²) in [5.74, 6) is 0.389. The summed E-state index contributed by atoms with van der Waals surface area (Å²) in [6.45, 7) is 4.20. The van der Waals surface area contributed by atoms with Crippen LogP contribution in [0, 0.1) is 6.92 Å². The Kier molecular flexibility index (Phi) is 4.89. The summed E-state index contributed by atoms with van der Waals surface area (Å²) < 4.78 is 22.5. The maximum absolute atomic E-state index is 11.2. The molecule has 0 saturated carbocycles. The van der Waals surface area contributed by atoms with Gasteiger partial charge in [-0.1, -0.05) is 6.92 Å². The lowest BCUT2D eigenvalue weighted by molar-refractivity contribution is 0.460. The fourth-order valence-corrected chi connectivity index (χ4v) is 2.06. The van der Waals surface area contributed by atoms with Crippen LogP contribution in [0.3, 0.4) is 0 Å². The van der Waals surface area contributed by atoms with Crippen LogP contribution in [0.1, 0.15) is 18.3 Å². The van der Waals surface area contributed by atoms with Crippen LogP contribution in [-0.4, -0.2) is 36.6 Å². The summed E-state index contributed by atoms with van der Waals surface area (Å²) in [7, 11) is -2.94. The van der Waals surface area contributed by atoms with Crippen LogP contribution in [0.5, 0.6) is 5.75 Å². The Bertz CT molecular complexity index is 472. The number of aromatic hydroxyl groups is 1. The van der Waals surface area contributed by atoms with Gasteiger partial charge in [-0.15, -0.1) is 0 Å². The Hall–Kier alpha value is -1.14. The third kappa shape index (κ3) is 4.70. The topological polar surface area (TPSA) is 79.3 Å². The van der Waals surface area contributed by atoms with Crippen molar-refractivity contribution in [3.8, 4) is 5.75 Å². The molecule has 0 bridgehead atoms. The van der Waals surface area contributed by atoms with E-state index in [0.717, 1.165) is 5.69 Å². The molecule has 0 radical (unpaired) electrons. The minimum Gasteiger partial charge on any atom is -0.506 e. The lowest BCUT2D eigenvalue weighted by Crippen LogP contribution is -2.24. The molecule has 5 nitrogen and oxygen atoms in total. The van der Waals surface area contributed by atoms with E-state index >= 15 is 0 Å². The van der Waals surface area contributed by atoms with E-state index in [-0.39, 0.29) is 17.3 Å². The van der Waals surface area contributed by atoms with Crippen molar-refractivity contribution in [2.75, 3.05) is 18.1 Å². The lowest BCUT2D eigenvalue weighted by atomic mass is 10.3. The monoisotopic (exact) mass is 258 g/mol. The van der Waals surface area contributed by atoms with E-state index in [2.05, 4.69) is 10.3 Å². The van der Waals surface area contributed by atoms with Gasteiger partial charge < -0.3 is 10.4 Å². The van der Waals surface area contributed by atoms with Crippen molar-refractivity contribution in [1.29, 1.82) is 0 Å². The molecule has 0 amide bonds. The number of hydrogen-bond donors (Lipinski definition) is 2. The maximum Gasteiger partial charge on any atom is 0.151 e. The molecule has 0 aromatic carbocycles. The zero-order chi connectivity index (χ0) is 12.9. The molecule has 0 spiro atoms. The summed E-state index contributed by atoms with van der Waals surface area (Å²) in [5.41, 5.74) is 1.36. The Morgan fingerprint density at radius 3 is 2.76 bits per heavy atom. The first-order chi connectivity index (χ1) is 7.94. The molecule has 2 N–H and O–H groups in total. The minimum atomic E-state index is -2.94. The van der Waals surface area contributed by atoms with Crippen LogP contribution in [0.4, 0.5) is 0 Å². The van der Waals surface area contributed by atoms with E-state index in [1.807, 2.05) is 6.92 Å². The number of nitrogens with one attached hydrogen (secondary N) is 1. The zero-order valence-corrected chi connectivity index (χ0v) is 10.9. The molecule has 0 aliphatic carbocycles. The molecule has 0 aliphatic heterocycles. The highest BCUT2D eigenvalue weighted by Gasteiger charge is 2.07. The number of nitrogens with zero attached hydrogens (tertiary/aromatic N) is 1. The lowest BCUT2D eigenvalue weighted by Gasteiger charge is -2.06. The Morgan fingerprint density at radius 1 is 1.41 bits per heavy atom. The van der Waals surface area contributed by atoms with Gasteiger partial charge in [-0.3, -0.25) is 4.98 Å². The smallest absolute Gasteiger partial charge is 0.151 e. The molecule has 1 aromatic heterocycles. The second-order valence-electron chi connectivity index (χ2n) is 3.83. The van der Waals surface area contributed by atoms with Crippen molar-refractivity contribution in [3.05, 3.63) is 23.5 Å². The third-order valence-electron chi connectivity index (χ3n) is 2.41. The highest BCUT2D eigenvalue weighted by atomic mass is 32.2. The molecule has 0 aliphatic rings. The number of pyridine rings is 1. The average Bonchev–Trinajstić information content (AvgIpc) is 2.29. The molecule has 17 heavy (non-hydrogen) atoms. The van der Waals surface area contributed by atoms with Gasteiger partial charge in [0, 0.05) is 24.5 Å². The molecular weight excluding hydrogens is 240 g/mol. The quantitative estimate of drug-likeness (QED) is 0.731. The highest BCUT2D eigenvalue weighted by molar-refractivity contribution is 7.91. The Balaban J connectivity index is 2.44. The zero-order valence-electron chi connectivity index (χ0n) is 10.1. The second-order valence-corrected chi connectivity index (χ2v) is 6.30. The fourth-order valence-electron chi connectivity index (χ4n) is 1.31. The van der Waals surface area contributed by atoms with Crippen LogP contribution in [0.15, 0.2) is 12.1 Å². The molecule has 0 atom stereocenters. The fraction of sp³-hybridized carbons (Fsp3) is 0.545. The Labute approximate surface area is 102 Å². The largest absolute Gasteiger partial charge is 0.506 e. The summed E-state index contributed by atoms with van der Waals surface area (Å²) in [5, 5.41) is 12.5. The van der Waals surface area contributed by atoms with Gasteiger partial charge in [-0.25, -0.2) is 8.42 Å². The summed E-state index contributed by atoms with van der Waals surface area (Å²) in [4.78, 5) is 4.16. The van der Waals surface area contributed by atoms with E-state index in [0.29, 0.717) is 18.8 Å². The first-order valence-electron chi connectivity index (χ1n) is 5.51. The van der Waals surface area contributed by atoms with Crippen molar-refractivity contribution in [2.24, 2.45) is 0 Å². The van der Waals surface area contributed by atoms with Gasteiger partial charge in [0.2, 0.25) is 0 Å². The maximum atomic E-state index is 11.2.